The van der Waals surface area contributed by atoms with Gasteiger partial charge >= 0.3 is 0 Å². The summed E-state index contributed by atoms with van der Waals surface area (Å²) >= 11 is 0. The van der Waals surface area contributed by atoms with Crippen molar-refractivity contribution in [3.63, 3.8) is 0 Å². The summed E-state index contributed by atoms with van der Waals surface area (Å²) in [6.45, 7) is 5.00. The van der Waals surface area contributed by atoms with Gasteiger partial charge in [-0.3, -0.25) is 4.79 Å². The third-order valence-electron chi connectivity index (χ3n) is 3.76. The van der Waals surface area contributed by atoms with Gasteiger partial charge in [0.25, 0.3) is 0 Å². The van der Waals surface area contributed by atoms with Crippen LogP contribution in [0, 0.1) is 11.3 Å². The molecule has 0 fully saturated rings. The lowest BCUT2D eigenvalue weighted by atomic mass is 9.85. The van der Waals surface area contributed by atoms with E-state index in [4.69, 9.17) is 10.00 Å². The number of hydrogen-bond acceptors (Lipinski definition) is 4. The fraction of sp³-hybridized carbons (Fsp3) is 0.467. The number of amides is 1. The fourth-order valence-electron chi connectivity index (χ4n) is 2.45. The van der Waals surface area contributed by atoms with Gasteiger partial charge in [0.05, 0.1) is 17.7 Å². The summed E-state index contributed by atoms with van der Waals surface area (Å²) in [6, 6.07) is 6.57. The molecule has 2 atom stereocenters. The third kappa shape index (κ3) is 2.23. The lowest BCUT2D eigenvalue weighted by Crippen LogP contribution is -2.53. The van der Waals surface area contributed by atoms with E-state index in [1.165, 1.54) is 11.8 Å². The van der Waals surface area contributed by atoms with Gasteiger partial charge in [-0.15, -0.1) is 0 Å². The van der Waals surface area contributed by atoms with E-state index in [-0.39, 0.29) is 5.91 Å². The molecule has 1 heterocycles. The van der Waals surface area contributed by atoms with Crippen molar-refractivity contribution >= 4 is 5.91 Å². The largest absolute Gasteiger partial charge is 0.485 e. The average molecular weight is 274 g/mol. The first kappa shape index (κ1) is 14.4. The van der Waals surface area contributed by atoms with Crippen molar-refractivity contribution in [1.82, 2.24) is 4.90 Å². The van der Waals surface area contributed by atoms with Gasteiger partial charge in [0.1, 0.15) is 17.5 Å². The molecule has 0 saturated carbocycles. The summed E-state index contributed by atoms with van der Waals surface area (Å²) in [5.74, 6) is 0.442. The molecule has 5 nitrogen and oxygen atoms in total. The number of nitriles is 1. The summed E-state index contributed by atoms with van der Waals surface area (Å²) < 4.78 is 5.79. The monoisotopic (exact) mass is 274 g/mol. The minimum atomic E-state index is -0.877. The Morgan fingerprint density at radius 2 is 2.15 bits per heavy atom. The van der Waals surface area contributed by atoms with Crippen LogP contribution in [0.1, 0.15) is 37.9 Å². The molecule has 0 aliphatic carbocycles. The fourth-order valence-corrected chi connectivity index (χ4v) is 2.45. The summed E-state index contributed by atoms with van der Waals surface area (Å²) in [6.07, 6.45) is -0.877. The molecule has 0 aromatic heterocycles. The van der Waals surface area contributed by atoms with Crippen LogP contribution in [0.15, 0.2) is 18.2 Å². The van der Waals surface area contributed by atoms with Crippen molar-refractivity contribution in [2.45, 2.75) is 38.5 Å². The molecule has 5 heteroatoms. The predicted molar refractivity (Wildman–Crippen MR) is 73.1 cm³/mol. The Labute approximate surface area is 118 Å². The van der Waals surface area contributed by atoms with Gasteiger partial charge < -0.3 is 14.7 Å². The Kier molecular flexibility index (Phi) is 3.45. The molecule has 20 heavy (non-hydrogen) atoms. The number of aliphatic hydroxyl groups is 1. The molecule has 0 spiro atoms. The zero-order valence-corrected chi connectivity index (χ0v) is 12.0. The number of carbonyl (C=O) groups excluding carboxylic acids is 1. The Morgan fingerprint density at radius 1 is 1.50 bits per heavy atom. The van der Waals surface area contributed by atoms with Gasteiger partial charge in [0.2, 0.25) is 5.91 Å². The maximum Gasteiger partial charge on any atom is 0.219 e. The Bertz CT molecular complexity index is 589. The maximum absolute atomic E-state index is 11.7. The molecule has 1 unspecified atom stereocenters. The van der Waals surface area contributed by atoms with Crippen LogP contribution < -0.4 is 4.74 Å². The second-order valence-electron chi connectivity index (χ2n) is 5.59. The van der Waals surface area contributed by atoms with Crippen molar-refractivity contribution < 1.29 is 14.6 Å². The van der Waals surface area contributed by atoms with Crippen LogP contribution in [-0.2, 0) is 4.79 Å². The minimum absolute atomic E-state index is 0.153. The molecule has 106 valence electrons. The van der Waals surface area contributed by atoms with Gasteiger partial charge in [-0.25, -0.2) is 0 Å². The van der Waals surface area contributed by atoms with Gasteiger partial charge in [-0.05, 0) is 32.0 Å². The van der Waals surface area contributed by atoms with Crippen molar-refractivity contribution in [2.24, 2.45) is 0 Å². The van der Waals surface area contributed by atoms with Crippen LogP contribution in [0.4, 0.5) is 0 Å². The van der Waals surface area contributed by atoms with Crippen LogP contribution in [0.2, 0.25) is 0 Å². The van der Waals surface area contributed by atoms with Crippen LogP contribution in [0.3, 0.4) is 0 Å². The molecule has 0 bridgehead atoms. The van der Waals surface area contributed by atoms with E-state index in [0.717, 1.165) is 0 Å². The number of fused-ring (bicyclic) bond motifs is 1. The molecule has 1 aromatic carbocycles. The second-order valence-corrected chi connectivity index (χ2v) is 5.59. The highest BCUT2D eigenvalue weighted by molar-refractivity contribution is 5.74. The number of hydrogen-bond donors (Lipinski definition) is 1. The van der Waals surface area contributed by atoms with Crippen LogP contribution in [0.25, 0.3) is 0 Å². The smallest absolute Gasteiger partial charge is 0.219 e. The normalized spacial score (nSPS) is 23.2. The molecule has 0 saturated heterocycles. The SMILES string of the molecule is CC(=O)N(C)C1c2cc(C#N)ccc2OC(C)(C)[C@H]1O. The van der Waals surface area contributed by atoms with Gasteiger partial charge in [0.15, 0.2) is 0 Å². The number of likely N-dealkylation sites (N-methyl/N-ethyl adjacent to an activating group) is 1. The summed E-state index contributed by atoms with van der Waals surface area (Å²) in [5, 5.41) is 19.5. The molecule has 1 aromatic rings. The highest BCUT2D eigenvalue weighted by atomic mass is 16.5. The van der Waals surface area contributed by atoms with Gasteiger partial charge in [-0.2, -0.15) is 5.26 Å². The first-order valence-corrected chi connectivity index (χ1v) is 6.42. The van der Waals surface area contributed by atoms with Gasteiger partial charge in [0, 0.05) is 19.5 Å². The van der Waals surface area contributed by atoms with E-state index in [2.05, 4.69) is 6.07 Å². The molecular formula is C15H18N2O3. The highest BCUT2D eigenvalue weighted by Crippen LogP contribution is 2.42. The lowest BCUT2D eigenvalue weighted by Gasteiger charge is -2.45. The standard InChI is InChI=1S/C15H18N2O3/c1-9(18)17(4)13-11-7-10(8-16)5-6-12(11)20-15(2,3)14(13)19/h5-7,13-14,19H,1-4H3/t13?,14-/m0/s1. The van der Waals surface area contributed by atoms with Crippen molar-refractivity contribution in [3.8, 4) is 11.8 Å². The van der Waals surface area contributed by atoms with Crippen molar-refractivity contribution in [2.75, 3.05) is 7.05 Å². The van der Waals surface area contributed by atoms with E-state index >= 15 is 0 Å². The molecule has 0 radical (unpaired) electrons. The molecule has 1 aliphatic heterocycles. The van der Waals surface area contributed by atoms with Crippen LogP contribution >= 0.6 is 0 Å². The van der Waals surface area contributed by atoms with Gasteiger partial charge in [-0.1, -0.05) is 0 Å². The Morgan fingerprint density at radius 3 is 2.70 bits per heavy atom. The van der Waals surface area contributed by atoms with Crippen LogP contribution in [0.5, 0.6) is 5.75 Å². The Balaban J connectivity index is 2.60. The number of nitrogens with zero attached hydrogens (tertiary/aromatic N) is 2. The number of benzene rings is 1. The number of ether oxygens (including phenoxy) is 1. The van der Waals surface area contributed by atoms with E-state index in [9.17, 15) is 9.90 Å². The third-order valence-corrected chi connectivity index (χ3v) is 3.76. The Hall–Kier alpha value is -2.06. The summed E-state index contributed by atoms with van der Waals surface area (Å²) in [4.78, 5) is 13.2. The van der Waals surface area contributed by atoms with Crippen molar-refractivity contribution in [3.05, 3.63) is 29.3 Å². The molecule has 1 aliphatic rings. The quantitative estimate of drug-likeness (QED) is 0.844. The number of aliphatic hydroxyl groups excluding tert-OH is 1. The van der Waals surface area contributed by atoms with Crippen molar-refractivity contribution in [1.29, 1.82) is 5.26 Å². The average Bonchev–Trinajstić information content (AvgIpc) is 2.38. The molecular weight excluding hydrogens is 256 g/mol. The van der Waals surface area contributed by atoms with E-state index in [1.807, 2.05) is 0 Å². The first-order valence-electron chi connectivity index (χ1n) is 6.42. The predicted octanol–water partition coefficient (Wildman–Crippen LogP) is 1.61. The zero-order chi connectivity index (χ0) is 15.1. The minimum Gasteiger partial charge on any atom is -0.485 e. The highest BCUT2D eigenvalue weighted by Gasteiger charge is 2.45. The molecule has 1 N–H and O–H groups in total. The number of carbonyl (C=O) groups is 1. The molecule has 1 amide bonds. The van der Waals surface area contributed by atoms with E-state index in [1.54, 1.807) is 39.1 Å². The van der Waals surface area contributed by atoms with E-state index < -0.39 is 17.7 Å². The molecule has 2 rings (SSSR count). The lowest BCUT2D eigenvalue weighted by molar-refractivity contribution is -0.139. The summed E-state index contributed by atoms with van der Waals surface area (Å²) in [5.41, 5.74) is 0.324. The van der Waals surface area contributed by atoms with Crippen LogP contribution in [-0.4, -0.2) is 34.7 Å². The number of rotatable bonds is 1. The topological polar surface area (TPSA) is 73.6 Å². The summed E-state index contributed by atoms with van der Waals surface area (Å²) in [7, 11) is 1.64. The maximum atomic E-state index is 11.7. The second kappa shape index (κ2) is 4.80. The zero-order valence-electron chi connectivity index (χ0n) is 12.0. The first-order chi connectivity index (χ1) is 9.27. The van der Waals surface area contributed by atoms with E-state index in [0.29, 0.717) is 16.9 Å².